The van der Waals surface area contributed by atoms with Gasteiger partial charge in [-0.2, -0.15) is 0 Å². The first-order chi connectivity index (χ1) is 8.80. The van der Waals surface area contributed by atoms with Crippen LogP contribution in [0.2, 0.25) is 0 Å². The predicted molar refractivity (Wildman–Crippen MR) is 73.5 cm³/mol. The number of hydrogen-bond donors (Lipinski definition) is 2. The number of carboxylic acids is 1. The summed E-state index contributed by atoms with van der Waals surface area (Å²) >= 11 is 0. The van der Waals surface area contributed by atoms with Gasteiger partial charge in [0.15, 0.2) is 0 Å². The molecule has 0 fully saturated rings. The van der Waals surface area contributed by atoms with E-state index < -0.39 is 16.0 Å². The van der Waals surface area contributed by atoms with Crippen LogP contribution in [0.4, 0.5) is 0 Å². The van der Waals surface area contributed by atoms with E-state index in [0.717, 1.165) is 5.57 Å². The van der Waals surface area contributed by atoms with Gasteiger partial charge in [0.1, 0.15) is 0 Å². The summed E-state index contributed by atoms with van der Waals surface area (Å²) in [4.78, 5) is 10.8. The van der Waals surface area contributed by atoms with Crippen molar-refractivity contribution in [3.8, 4) is 0 Å². The van der Waals surface area contributed by atoms with E-state index in [0.29, 0.717) is 5.56 Å². The largest absolute Gasteiger partial charge is 0.478 e. The Morgan fingerprint density at radius 3 is 2.63 bits per heavy atom. The Hall–Kier alpha value is -1.66. The van der Waals surface area contributed by atoms with Crippen molar-refractivity contribution in [3.05, 3.63) is 47.0 Å². The van der Waals surface area contributed by atoms with E-state index in [4.69, 9.17) is 5.11 Å². The van der Waals surface area contributed by atoms with Crippen LogP contribution in [0, 0.1) is 0 Å². The molecule has 0 amide bonds. The Bertz CT molecular complexity index is 586. The number of benzene rings is 1. The number of carbonyl (C=O) groups is 1. The van der Waals surface area contributed by atoms with Crippen molar-refractivity contribution >= 4 is 16.0 Å². The van der Waals surface area contributed by atoms with Gasteiger partial charge in [-0.3, -0.25) is 0 Å². The maximum absolute atomic E-state index is 11.8. The molecule has 1 rings (SSSR count). The monoisotopic (exact) mass is 283 g/mol. The Morgan fingerprint density at radius 2 is 2.05 bits per heavy atom. The number of allylic oxidation sites excluding steroid dienone is 1. The zero-order chi connectivity index (χ0) is 14.5. The fourth-order valence-electron chi connectivity index (χ4n) is 1.44. The molecule has 5 nitrogen and oxygen atoms in total. The molecule has 1 aromatic rings. The van der Waals surface area contributed by atoms with Crippen LogP contribution in [0.15, 0.2) is 35.9 Å². The minimum Gasteiger partial charge on any atom is -0.478 e. The van der Waals surface area contributed by atoms with Gasteiger partial charge < -0.3 is 5.11 Å². The molecule has 0 radical (unpaired) electrons. The summed E-state index contributed by atoms with van der Waals surface area (Å²) in [6, 6.07) is 5.91. The normalized spacial score (nSPS) is 11.1. The minimum atomic E-state index is -3.46. The summed E-state index contributed by atoms with van der Waals surface area (Å²) in [5.74, 6) is -1.30. The Balaban J connectivity index is 2.75. The third-order valence-corrected chi connectivity index (χ3v) is 3.66. The average molecular weight is 283 g/mol. The predicted octanol–water partition coefficient (Wildman–Crippen LogP) is 1.77. The molecule has 0 saturated heterocycles. The highest BCUT2D eigenvalue weighted by Crippen LogP contribution is 2.08. The second-order valence-electron chi connectivity index (χ2n) is 4.39. The smallest absolute Gasteiger partial charge is 0.335 e. The molecule has 2 N–H and O–H groups in total. The van der Waals surface area contributed by atoms with E-state index in [1.165, 1.54) is 18.2 Å². The zero-order valence-corrected chi connectivity index (χ0v) is 11.7. The van der Waals surface area contributed by atoms with Crippen LogP contribution >= 0.6 is 0 Å². The molecule has 6 heteroatoms. The van der Waals surface area contributed by atoms with Gasteiger partial charge in [-0.05, 0) is 31.5 Å². The zero-order valence-electron chi connectivity index (χ0n) is 10.9. The van der Waals surface area contributed by atoms with Gasteiger partial charge in [-0.1, -0.05) is 23.8 Å². The molecule has 104 valence electrons. The van der Waals surface area contributed by atoms with Crippen LogP contribution in [0.1, 0.15) is 29.8 Å². The fourth-order valence-corrected chi connectivity index (χ4v) is 2.50. The van der Waals surface area contributed by atoms with Gasteiger partial charge in [0, 0.05) is 6.54 Å². The lowest BCUT2D eigenvalue weighted by atomic mass is 10.1. The highest BCUT2D eigenvalue weighted by Gasteiger charge is 2.12. The van der Waals surface area contributed by atoms with Gasteiger partial charge >= 0.3 is 5.97 Å². The molecule has 0 atom stereocenters. The van der Waals surface area contributed by atoms with E-state index in [1.807, 2.05) is 13.8 Å². The van der Waals surface area contributed by atoms with Gasteiger partial charge in [0.2, 0.25) is 10.0 Å². The summed E-state index contributed by atoms with van der Waals surface area (Å²) in [5.41, 5.74) is 1.55. The van der Waals surface area contributed by atoms with Crippen LogP contribution in [0.5, 0.6) is 0 Å². The number of hydrogen-bond acceptors (Lipinski definition) is 3. The molecule has 0 aliphatic heterocycles. The highest BCUT2D eigenvalue weighted by molar-refractivity contribution is 7.88. The van der Waals surface area contributed by atoms with Crippen molar-refractivity contribution < 1.29 is 18.3 Å². The third kappa shape index (κ3) is 5.67. The van der Waals surface area contributed by atoms with Gasteiger partial charge in [-0.25, -0.2) is 17.9 Å². The van der Waals surface area contributed by atoms with Crippen molar-refractivity contribution in [2.24, 2.45) is 0 Å². The molecule has 0 aliphatic rings. The van der Waals surface area contributed by atoms with E-state index in [-0.39, 0.29) is 17.9 Å². The van der Waals surface area contributed by atoms with Crippen molar-refractivity contribution in [1.82, 2.24) is 4.72 Å². The number of nitrogens with one attached hydrogen (secondary N) is 1. The Kier molecular flexibility index (Phi) is 5.26. The molecule has 0 aromatic heterocycles. The minimum absolute atomic E-state index is 0.0806. The molecule has 0 saturated carbocycles. The molecule has 0 unspecified atom stereocenters. The maximum atomic E-state index is 11.8. The average Bonchev–Trinajstić information content (AvgIpc) is 2.27. The number of rotatable bonds is 6. The van der Waals surface area contributed by atoms with Gasteiger partial charge in [-0.15, -0.1) is 0 Å². The molecular weight excluding hydrogens is 266 g/mol. The van der Waals surface area contributed by atoms with E-state index in [9.17, 15) is 13.2 Å². The topological polar surface area (TPSA) is 83.5 Å². The second kappa shape index (κ2) is 6.49. The quantitative estimate of drug-likeness (QED) is 0.779. The highest BCUT2D eigenvalue weighted by atomic mass is 32.2. The molecule has 1 aromatic carbocycles. The fraction of sp³-hybridized carbons (Fsp3) is 0.308. The lowest BCUT2D eigenvalue weighted by molar-refractivity contribution is 0.0696. The first kappa shape index (κ1) is 15.4. The Morgan fingerprint density at radius 1 is 1.37 bits per heavy atom. The molecule has 0 heterocycles. The van der Waals surface area contributed by atoms with Crippen LogP contribution in [0.25, 0.3) is 0 Å². The lowest BCUT2D eigenvalue weighted by Crippen LogP contribution is -2.25. The van der Waals surface area contributed by atoms with Crippen molar-refractivity contribution in [2.45, 2.75) is 19.6 Å². The summed E-state index contributed by atoms with van der Waals surface area (Å²) < 4.78 is 26.0. The number of carboxylic acid groups (broad SMARTS) is 1. The van der Waals surface area contributed by atoms with Crippen LogP contribution in [-0.4, -0.2) is 26.0 Å². The molecule has 0 aliphatic carbocycles. The first-order valence-electron chi connectivity index (χ1n) is 5.73. The summed E-state index contributed by atoms with van der Waals surface area (Å²) in [6.45, 7) is 4.00. The third-order valence-electron chi connectivity index (χ3n) is 2.34. The summed E-state index contributed by atoms with van der Waals surface area (Å²) in [7, 11) is -3.46. The standard InChI is InChI=1S/C13H17NO4S/c1-10(2)6-7-14-19(17,18)9-11-4-3-5-12(8-11)13(15)16/h3-6,8,14H,7,9H2,1-2H3,(H,15,16). The van der Waals surface area contributed by atoms with Crippen LogP contribution in [-0.2, 0) is 15.8 Å². The molecule has 0 bridgehead atoms. The SMILES string of the molecule is CC(C)=CCNS(=O)(=O)Cc1cccc(C(=O)O)c1. The van der Waals surface area contributed by atoms with Gasteiger partial charge in [0.05, 0.1) is 11.3 Å². The van der Waals surface area contributed by atoms with E-state index >= 15 is 0 Å². The maximum Gasteiger partial charge on any atom is 0.335 e. The second-order valence-corrected chi connectivity index (χ2v) is 6.20. The van der Waals surface area contributed by atoms with Crippen LogP contribution in [0.3, 0.4) is 0 Å². The molecule has 19 heavy (non-hydrogen) atoms. The summed E-state index contributed by atoms with van der Waals surface area (Å²) in [5, 5.41) is 8.84. The first-order valence-corrected chi connectivity index (χ1v) is 7.38. The number of aromatic carboxylic acids is 1. The van der Waals surface area contributed by atoms with Crippen molar-refractivity contribution in [2.75, 3.05) is 6.54 Å². The lowest BCUT2D eigenvalue weighted by Gasteiger charge is -2.06. The molecular formula is C13H17NO4S. The summed E-state index contributed by atoms with van der Waals surface area (Å²) in [6.07, 6.45) is 1.77. The van der Waals surface area contributed by atoms with Gasteiger partial charge in [0.25, 0.3) is 0 Å². The van der Waals surface area contributed by atoms with Crippen molar-refractivity contribution in [3.63, 3.8) is 0 Å². The Labute approximate surface area is 113 Å². The van der Waals surface area contributed by atoms with Crippen molar-refractivity contribution in [1.29, 1.82) is 0 Å². The number of sulfonamides is 1. The molecule has 0 spiro atoms. The van der Waals surface area contributed by atoms with E-state index in [2.05, 4.69) is 4.72 Å². The van der Waals surface area contributed by atoms with E-state index in [1.54, 1.807) is 12.1 Å². The van der Waals surface area contributed by atoms with Crippen LogP contribution < -0.4 is 4.72 Å².